The van der Waals surface area contributed by atoms with Gasteiger partial charge in [0.2, 0.25) is 0 Å². The zero-order valence-electron chi connectivity index (χ0n) is 6.87. The summed E-state index contributed by atoms with van der Waals surface area (Å²) >= 11 is 0. The van der Waals surface area contributed by atoms with Crippen LogP contribution in [0.3, 0.4) is 0 Å². The molecule has 1 N–H and O–H groups in total. The quantitative estimate of drug-likeness (QED) is 0.734. The monoisotopic (exact) mass is 177 g/mol. The Morgan fingerprint density at radius 1 is 1.92 bits per heavy atom. The molecule has 12 heavy (non-hydrogen) atoms. The van der Waals surface area contributed by atoms with E-state index in [0.717, 1.165) is 10.9 Å². The van der Waals surface area contributed by atoms with Gasteiger partial charge in [-0.15, -0.1) is 0 Å². The highest BCUT2D eigenvalue weighted by Gasteiger charge is 2.21. The third-order valence-corrected chi connectivity index (χ3v) is 1.23. The zero-order chi connectivity index (χ0) is 10.0. The van der Waals surface area contributed by atoms with Crippen molar-refractivity contribution in [2.45, 2.75) is 6.43 Å². The van der Waals surface area contributed by atoms with Crippen LogP contribution >= 0.6 is 0 Å². The van der Waals surface area contributed by atoms with E-state index in [4.69, 9.17) is 6.48 Å². The smallest absolute Gasteiger partial charge is 0.339 e. The van der Waals surface area contributed by atoms with Crippen molar-refractivity contribution in [2.75, 3.05) is 0 Å². The third kappa shape index (κ3) is 1.41. The van der Waals surface area contributed by atoms with Crippen molar-refractivity contribution < 1.29 is 20.1 Å². The van der Waals surface area contributed by atoms with Crippen LogP contribution in [-0.4, -0.2) is 20.9 Å². The predicted octanol–water partition coefficient (Wildman–Crippen LogP) is 1.06. The molecule has 0 saturated carbocycles. The molecule has 1 aromatic heterocycles. The normalized spacial score (nSPS) is 11.8. The summed E-state index contributed by atoms with van der Waals surface area (Å²) in [5, 5.41) is 11.7. The van der Waals surface area contributed by atoms with Crippen LogP contribution in [0.2, 0.25) is 0 Å². The number of hydrogen-bond acceptors (Lipinski definition) is 2. The number of alkyl halides is 2. The number of aryl methyl sites for hydroxylation is 1. The van der Waals surface area contributed by atoms with Crippen molar-refractivity contribution in [3.63, 3.8) is 0 Å². The van der Waals surface area contributed by atoms with Gasteiger partial charge in [0, 0.05) is 14.6 Å². The van der Waals surface area contributed by atoms with Crippen molar-refractivity contribution in [1.29, 1.82) is 0 Å². The molecule has 0 unspecified atom stereocenters. The fraction of sp³-hybridized carbons (Fsp3) is 0.333. The van der Waals surface area contributed by atoms with Gasteiger partial charge < -0.3 is 5.11 Å². The first-order valence-corrected chi connectivity index (χ1v) is 2.94. The lowest BCUT2D eigenvalue weighted by Crippen LogP contribution is -1.99. The molecule has 0 aliphatic rings. The topological polar surface area (TPSA) is 55.1 Å². The van der Waals surface area contributed by atoms with E-state index in [1.54, 1.807) is 0 Å². The molecular formula is C6H6F2N2O2. The Morgan fingerprint density at radius 3 is 2.92 bits per heavy atom. The number of hydrogen-bond donors (Lipinski definition) is 1. The summed E-state index contributed by atoms with van der Waals surface area (Å²) in [5.74, 6) is -1.46. The molecule has 0 aromatic carbocycles. The van der Waals surface area contributed by atoms with E-state index in [9.17, 15) is 13.6 Å². The summed E-state index contributed by atoms with van der Waals surface area (Å²) in [6.45, 7) is 0. The van der Waals surface area contributed by atoms with E-state index in [0.29, 0.717) is 0 Å². The first kappa shape index (κ1) is 7.20. The van der Waals surface area contributed by atoms with Crippen LogP contribution in [0.5, 0.6) is 0 Å². The molecule has 4 nitrogen and oxygen atoms in total. The lowest BCUT2D eigenvalue weighted by molar-refractivity contribution is 0.0684. The molecule has 66 valence electrons. The number of halogens is 2. The van der Waals surface area contributed by atoms with Crippen molar-refractivity contribution in [1.82, 2.24) is 9.78 Å². The summed E-state index contributed by atoms with van der Waals surface area (Å²) in [5.41, 5.74) is -1.35. The average molecular weight is 177 g/mol. The van der Waals surface area contributed by atoms with Crippen LogP contribution in [-0.2, 0) is 7.02 Å². The van der Waals surface area contributed by atoms with E-state index in [-0.39, 0.29) is 7.02 Å². The van der Waals surface area contributed by atoms with Crippen molar-refractivity contribution in [3.8, 4) is 0 Å². The Bertz CT molecular complexity index is 326. The molecule has 0 atom stereocenters. The molecular weight excluding hydrogens is 170 g/mol. The van der Waals surface area contributed by atoms with E-state index in [2.05, 4.69) is 5.10 Å². The number of carboxylic acid groups (broad SMARTS) is 1. The summed E-state index contributed by atoms with van der Waals surface area (Å²) in [4.78, 5) is 10.4. The minimum absolute atomic E-state index is 0.382. The van der Waals surface area contributed by atoms with Crippen molar-refractivity contribution in [3.05, 3.63) is 17.5 Å². The van der Waals surface area contributed by atoms with Gasteiger partial charge in [-0.25, -0.2) is 13.6 Å². The molecule has 0 bridgehead atoms. The molecule has 1 rings (SSSR count). The lowest BCUT2D eigenvalue weighted by atomic mass is 10.2. The summed E-state index contributed by atoms with van der Waals surface area (Å²) in [6.07, 6.45) is -2.02. The van der Waals surface area contributed by atoms with E-state index in [1.165, 1.54) is 0 Å². The van der Waals surface area contributed by atoms with Gasteiger partial charge >= 0.3 is 5.97 Å². The van der Waals surface area contributed by atoms with Gasteiger partial charge in [-0.2, -0.15) is 5.10 Å². The van der Waals surface area contributed by atoms with E-state index >= 15 is 0 Å². The van der Waals surface area contributed by atoms with Crippen LogP contribution in [0, 0.1) is 0 Å². The molecule has 0 saturated heterocycles. The summed E-state index contributed by atoms with van der Waals surface area (Å²) in [7, 11) is -0.382. The Labute approximate surface area is 67.8 Å². The van der Waals surface area contributed by atoms with E-state index < -0.39 is 23.7 Å². The molecule has 0 amide bonds. The van der Waals surface area contributed by atoms with Crippen LogP contribution in [0.25, 0.3) is 0 Å². The Morgan fingerprint density at radius 2 is 2.58 bits per heavy atom. The predicted molar refractivity (Wildman–Crippen MR) is 35.1 cm³/mol. The summed E-state index contributed by atoms with van der Waals surface area (Å²) < 4.78 is 31.9. The SMILES string of the molecule is [2H]Cn1cc(C(=O)O)c(C(F)F)n1. The average Bonchev–Trinajstić information content (AvgIpc) is 2.47. The van der Waals surface area contributed by atoms with E-state index in [1.807, 2.05) is 0 Å². The van der Waals surface area contributed by atoms with Crippen LogP contribution in [0.1, 0.15) is 23.8 Å². The molecule has 0 aliphatic carbocycles. The second kappa shape index (κ2) is 2.88. The van der Waals surface area contributed by atoms with Crippen molar-refractivity contribution >= 4 is 5.97 Å². The first-order chi connectivity index (χ1) is 6.06. The Balaban J connectivity index is 3.15. The molecule has 1 aromatic rings. The molecule has 6 heteroatoms. The number of nitrogens with zero attached hydrogens (tertiary/aromatic N) is 2. The standard InChI is InChI=1S/C6H6F2N2O2/c1-10-2-3(6(11)12)4(9-10)5(7)8/h2,5H,1H3,(H,11,12)/i1D. The molecule has 0 radical (unpaired) electrons. The van der Waals surface area contributed by atoms with Crippen LogP contribution in [0.15, 0.2) is 6.20 Å². The molecule has 0 aliphatic heterocycles. The highest BCUT2D eigenvalue weighted by Crippen LogP contribution is 2.20. The maximum atomic E-state index is 12.1. The fourth-order valence-electron chi connectivity index (χ4n) is 0.762. The summed E-state index contributed by atoms with van der Waals surface area (Å²) in [6, 6.07) is 0. The number of carbonyl (C=O) groups is 1. The lowest BCUT2D eigenvalue weighted by Gasteiger charge is -1.93. The highest BCUT2D eigenvalue weighted by atomic mass is 19.3. The van der Waals surface area contributed by atoms with Crippen LogP contribution < -0.4 is 0 Å². The number of aromatic nitrogens is 2. The molecule has 0 spiro atoms. The number of rotatable bonds is 2. The van der Waals surface area contributed by atoms with Gasteiger partial charge in [-0.3, -0.25) is 4.68 Å². The second-order valence-electron chi connectivity index (χ2n) is 2.07. The first-order valence-electron chi connectivity index (χ1n) is 3.65. The number of carboxylic acids is 1. The maximum Gasteiger partial charge on any atom is 0.339 e. The van der Waals surface area contributed by atoms with Crippen molar-refractivity contribution in [2.24, 2.45) is 7.02 Å². The van der Waals surface area contributed by atoms with Gasteiger partial charge in [-0.05, 0) is 0 Å². The van der Waals surface area contributed by atoms with Gasteiger partial charge in [0.1, 0.15) is 11.3 Å². The zero-order valence-corrected chi connectivity index (χ0v) is 5.87. The molecule has 1 heterocycles. The number of aromatic carboxylic acids is 1. The second-order valence-corrected chi connectivity index (χ2v) is 2.07. The van der Waals surface area contributed by atoms with Gasteiger partial charge in [0.25, 0.3) is 6.43 Å². The van der Waals surface area contributed by atoms with Gasteiger partial charge in [0.15, 0.2) is 0 Å². The Kier molecular flexibility index (Phi) is 1.73. The Hall–Kier alpha value is -1.46. The maximum absolute atomic E-state index is 12.1. The van der Waals surface area contributed by atoms with Gasteiger partial charge in [0.05, 0.1) is 0 Å². The third-order valence-electron chi connectivity index (χ3n) is 1.23. The van der Waals surface area contributed by atoms with Gasteiger partial charge in [-0.1, -0.05) is 0 Å². The molecule has 0 fully saturated rings. The fourth-order valence-corrected chi connectivity index (χ4v) is 0.762. The van der Waals surface area contributed by atoms with Crippen LogP contribution in [0.4, 0.5) is 8.78 Å². The highest BCUT2D eigenvalue weighted by molar-refractivity contribution is 5.88. The minimum Gasteiger partial charge on any atom is -0.478 e. The largest absolute Gasteiger partial charge is 0.478 e. The minimum atomic E-state index is -2.93.